The first-order valence-corrected chi connectivity index (χ1v) is 7.65. The summed E-state index contributed by atoms with van der Waals surface area (Å²) in [6, 6.07) is 5.05. The standard InChI is InChI=1S/C16H17F3N4O/c1-10-22-21-9-23(10)7-6-20-15(24)14-8-13(14)11-2-4-12(5-3-11)16(17,18)19/h2-5,9,13-14H,6-8H2,1H3,(H,20,24)/t13-,14-/m0/s1. The van der Waals surface area contributed by atoms with E-state index in [0.29, 0.717) is 19.5 Å². The number of alkyl halides is 3. The minimum atomic E-state index is -4.33. The molecule has 0 aliphatic heterocycles. The maximum absolute atomic E-state index is 12.6. The normalized spacial score (nSPS) is 20.0. The summed E-state index contributed by atoms with van der Waals surface area (Å²) in [5, 5.41) is 10.5. The van der Waals surface area contributed by atoms with E-state index in [1.807, 2.05) is 11.5 Å². The van der Waals surface area contributed by atoms with Crippen molar-refractivity contribution in [2.75, 3.05) is 6.54 Å². The Balaban J connectivity index is 1.49. The monoisotopic (exact) mass is 338 g/mol. The highest BCUT2D eigenvalue weighted by Gasteiger charge is 2.44. The molecule has 2 atom stereocenters. The lowest BCUT2D eigenvalue weighted by Crippen LogP contribution is -2.29. The lowest BCUT2D eigenvalue weighted by atomic mass is 10.1. The van der Waals surface area contributed by atoms with Crippen molar-refractivity contribution in [3.05, 3.63) is 47.5 Å². The Morgan fingerprint density at radius 1 is 1.33 bits per heavy atom. The molecule has 0 radical (unpaired) electrons. The van der Waals surface area contributed by atoms with E-state index in [1.165, 1.54) is 12.1 Å². The molecule has 24 heavy (non-hydrogen) atoms. The first-order chi connectivity index (χ1) is 11.4. The average molecular weight is 338 g/mol. The second kappa shape index (κ2) is 6.26. The van der Waals surface area contributed by atoms with Crippen molar-refractivity contribution in [3.8, 4) is 0 Å². The number of hydrogen-bond acceptors (Lipinski definition) is 3. The Kier molecular flexibility index (Phi) is 4.29. The smallest absolute Gasteiger partial charge is 0.354 e. The van der Waals surface area contributed by atoms with Gasteiger partial charge in [-0.05, 0) is 37.0 Å². The molecule has 1 fully saturated rings. The molecule has 0 bridgehead atoms. The number of benzene rings is 1. The zero-order valence-corrected chi connectivity index (χ0v) is 13.0. The zero-order valence-electron chi connectivity index (χ0n) is 13.0. The van der Waals surface area contributed by atoms with Gasteiger partial charge in [0, 0.05) is 19.0 Å². The maximum atomic E-state index is 12.6. The van der Waals surface area contributed by atoms with E-state index in [-0.39, 0.29) is 17.7 Å². The Morgan fingerprint density at radius 2 is 2.04 bits per heavy atom. The van der Waals surface area contributed by atoms with Gasteiger partial charge in [-0.3, -0.25) is 4.79 Å². The van der Waals surface area contributed by atoms with Crippen LogP contribution in [0.25, 0.3) is 0 Å². The fourth-order valence-electron chi connectivity index (χ4n) is 2.74. The lowest BCUT2D eigenvalue weighted by Gasteiger charge is -2.08. The van der Waals surface area contributed by atoms with E-state index in [1.54, 1.807) is 6.33 Å². The lowest BCUT2D eigenvalue weighted by molar-refractivity contribution is -0.137. The molecule has 1 saturated carbocycles. The third kappa shape index (κ3) is 3.58. The maximum Gasteiger partial charge on any atom is 0.416 e. The molecule has 128 valence electrons. The van der Waals surface area contributed by atoms with Gasteiger partial charge in [-0.2, -0.15) is 13.2 Å². The van der Waals surface area contributed by atoms with Gasteiger partial charge in [-0.15, -0.1) is 10.2 Å². The van der Waals surface area contributed by atoms with E-state index < -0.39 is 11.7 Å². The van der Waals surface area contributed by atoms with Crippen LogP contribution in [0.2, 0.25) is 0 Å². The van der Waals surface area contributed by atoms with Gasteiger partial charge in [0.2, 0.25) is 5.91 Å². The molecule has 0 unspecified atom stereocenters. The zero-order chi connectivity index (χ0) is 17.3. The molecule has 8 heteroatoms. The number of halogens is 3. The Hall–Kier alpha value is -2.38. The summed E-state index contributed by atoms with van der Waals surface area (Å²) >= 11 is 0. The molecule has 0 saturated heterocycles. The predicted molar refractivity (Wildman–Crippen MR) is 80.1 cm³/mol. The second-order valence-corrected chi connectivity index (χ2v) is 5.93. The van der Waals surface area contributed by atoms with Gasteiger partial charge in [0.05, 0.1) is 5.56 Å². The van der Waals surface area contributed by atoms with Crippen molar-refractivity contribution >= 4 is 5.91 Å². The third-order valence-electron chi connectivity index (χ3n) is 4.25. The Bertz CT molecular complexity index is 724. The van der Waals surface area contributed by atoms with Crippen molar-refractivity contribution in [3.63, 3.8) is 0 Å². The molecule has 3 rings (SSSR count). The largest absolute Gasteiger partial charge is 0.416 e. The van der Waals surface area contributed by atoms with Gasteiger partial charge < -0.3 is 9.88 Å². The molecular weight excluding hydrogens is 321 g/mol. The quantitative estimate of drug-likeness (QED) is 0.911. The number of amides is 1. The molecule has 1 aromatic carbocycles. The molecule has 1 N–H and O–H groups in total. The van der Waals surface area contributed by atoms with Crippen LogP contribution in [-0.2, 0) is 17.5 Å². The molecule has 1 amide bonds. The van der Waals surface area contributed by atoms with Crippen LogP contribution in [0.3, 0.4) is 0 Å². The van der Waals surface area contributed by atoms with Gasteiger partial charge in [0.25, 0.3) is 0 Å². The summed E-state index contributed by atoms with van der Waals surface area (Å²) in [6.07, 6.45) is -2.06. The van der Waals surface area contributed by atoms with Crippen LogP contribution in [0.15, 0.2) is 30.6 Å². The molecule has 0 spiro atoms. The Morgan fingerprint density at radius 3 is 2.62 bits per heavy atom. The first-order valence-electron chi connectivity index (χ1n) is 7.65. The average Bonchev–Trinajstić information content (AvgIpc) is 3.24. The van der Waals surface area contributed by atoms with E-state index >= 15 is 0 Å². The van der Waals surface area contributed by atoms with Crippen LogP contribution >= 0.6 is 0 Å². The summed E-state index contributed by atoms with van der Waals surface area (Å²) in [7, 11) is 0. The van der Waals surface area contributed by atoms with Crippen molar-refractivity contribution < 1.29 is 18.0 Å². The molecule has 5 nitrogen and oxygen atoms in total. The second-order valence-electron chi connectivity index (χ2n) is 5.93. The summed E-state index contributed by atoms with van der Waals surface area (Å²) in [5.74, 6) is 0.552. The summed E-state index contributed by atoms with van der Waals surface area (Å²) < 4.78 is 39.5. The summed E-state index contributed by atoms with van der Waals surface area (Å²) in [5.41, 5.74) is 0.106. The van der Waals surface area contributed by atoms with E-state index in [9.17, 15) is 18.0 Å². The molecule has 1 aliphatic carbocycles. The van der Waals surface area contributed by atoms with E-state index in [2.05, 4.69) is 15.5 Å². The highest BCUT2D eigenvalue weighted by Crippen LogP contribution is 2.47. The highest BCUT2D eigenvalue weighted by atomic mass is 19.4. The molecule has 2 aromatic rings. The fraction of sp³-hybridized carbons (Fsp3) is 0.438. The number of hydrogen-bond donors (Lipinski definition) is 1. The molecular formula is C16H17F3N4O. The summed E-state index contributed by atoms with van der Waals surface area (Å²) in [6.45, 7) is 2.88. The van der Waals surface area contributed by atoms with Gasteiger partial charge >= 0.3 is 6.18 Å². The van der Waals surface area contributed by atoms with Crippen LogP contribution in [0.4, 0.5) is 13.2 Å². The number of aryl methyl sites for hydroxylation is 1. The van der Waals surface area contributed by atoms with Crippen LogP contribution in [0.1, 0.15) is 29.3 Å². The van der Waals surface area contributed by atoms with Gasteiger partial charge in [0.15, 0.2) is 0 Å². The van der Waals surface area contributed by atoms with Crippen molar-refractivity contribution in [1.29, 1.82) is 0 Å². The fourth-order valence-corrected chi connectivity index (χ4v) is 2.74. The molecule has 1 aliphatic rings. The minimum absolute atomic E-state index is 0.00364. The number of rotatable bonds is 5. The third-order valence-corrected chi connectivity index (χ3v) is 4.25. The minimum Gasteiger partial charge on any atom is -0.354 e. The highest BCUT2D eigenvalue weighted by molar-refractivity contribution is 5.82. The molecule has 1 heterocycles. The Labute approximate surface area is 136 Å². The molecule has 1 aromatic heterocycles. The van der Waals surface area contributed by atoms with Crippen molar-refractivity contribution in [1.82, 2.24) is 20.1 Å². The van der Waals surface area contributed by atoms with Gasteiger partial charge in [-0.25, -0.2) is 0 Å². The van der Waals surface area contributed by atoms with Crippen LogP contribution < -0.4 is 5.32 Å². The predicted octanol–water partition coefficient (Wildman–Crippen LogP) is 2.53. The van der Waals surface area contributed by atoms with Crippen molar-refractivity contribution in [2.45, 2.75) is 32.0 Å². The van der Waals surface area contributed by atoms with E-state index in [4.69, 9.17) is 0 Å². The topological polar surface area (TPSA) is 59.8 Å². The number of carbonyl (C=O) groups is 1. The van der Waals surface area contributed by atoms with Crippen LogP contribution in [-0.4, -0.2) is 27.2 Å². The number of aromatic nitrogens is 3. The first kappa shape index (κ1) is 16.5. The van der Waals surface area contributed by atoms with Gasteiger partial charge in [-0.1, -0.05) is 12.1 Å². The van der Waals surface area contributed by atoms with Gasteiger partial charge in [0.1, 0.15) is 12.2 Å². The number of carbonyl (C=O) groups excluding carboxylic acids is 1. The van der Waals surface area contributed by atoms with Crippen molar-refractivity contribution in [2.24, 2.45) is 5.92 Å². The number of nitrogens with one attached hydrogen (secondary N) is 1. The van der Waals surface area contributed by atoms with Crippen LogP contribution in [0.5, 0.6) is 0 Å². The van der Waals surface area contributed by atoms with Crippen LogP contribution in [0, 0.1) is 12.8 Å². The van der Waals surface area contributed by atoms with E-state index in [0.717, 1.165) is 23.5 Å². The number of nitrogens with zero attached hydrogens (tertiary/aromatic N) is 3. The summed E-state index contributed by atoms with van der Waals surface area (Å²) in [4.78, 5) is 12.1. The SMILES string of the molecule is Cc1nncn1CCNC(=O)[C@H]1C[C@H]1c1ccc(C(F)(F)F)cc1.